The lowest BCUT2D eigenvalue weighted by Gasteiger charge is -2.45. The Kier molecular flexibility index (Phi) is 3.36. The number of hydrogen-bond donors (Lipinski definition) is 1. The average Bonchev–Trinajstić information content (AvgIpc) is 2.51. The van der Waals surface area contributed by atoms with Crippen molar-refractivity contribution in [1.82, 2.24) is 0 Å². The van der Waals surface area contributed by atoms with Crippen LogP contribution in [0.1, 0.15) is 18.2 Å². The summed E-state index contributed by atoms with van der Waals surface area (Å²) in [4.78, 5) is 1.35. The summed E-state index contributed by atoms with van der Waals surface area (Å²) >= 11 is 7.65. The zero-order chi connectivity index (χ0) is 10.9. The number of hydrogen-bond acceptors (Lipinski definition) is 3. The smallest absolute Gasteiger partial charge is 0.0931 e. The fraction of sp³-hybridized carbons (Fsp3) is 0.636. The van der Waals surface area contributed by atoms with Gasteiger partial charge < -0.3 is 10.5 Å². The molecule has 0 radical (unpaired) electrons. The zero-order valence-electron chi connectivity index (χ0n) is 8.83. The van der Waals surface area contributed by atoms with Crippen molar-refractivity contribution in [3.05, 3.63) is 21.3 Å². The van der Waals surface area contributed by atoms with Gasteiger partial charge in [0.1, 0.15) is 0 Å². The molecule has 1 atom stereocenters. The van der Waals surface area contributed by atoms with E-state index in [-0.39, 0.29) is 5.41 Å². The third-order valence-electron chi connectivity index (χ3n) is 3.33. The first-order chi connectivity index (χ1) is 7.19. The van der Waals surface area contributed by atoms with Crippen molar-refractivity contribution >= 4 is 22.9 Å². The highest BCUT2D eigenvalue weighted by atomic mass is 35.5. The van der Waals surface area contributed by atoms with Gasteiger partial charge in [0.2, 0.25) is 0 Å². The van der Waals surface area contributed by atoms with Crippen LogP contribution in [0.3, 0.4) is 0 Å². The fourth-order valence-corrected chi connectivity index (χ4v) is 3.42. The van der Waals surface area contributed by atoms with E-state index in [1.165, 1.54) is 4.88 Å². The minimum Gasteiger partial charge on any atom is -0.379 e. The van der Waals surface area contributed by atoms with Crippen LogP contribution in [0.4, 0.5) is 0 Å². The summed E-state index contributed by atoms with van der Waals surface area (Å²) < 4.78 is 6.25. The Morgan fingerprint density at radius 2 is 2.33 bits per heavy atom. The second-order valence-electron chi connectivity index (χ2n) is 4.23. The molecule has 2 N–H and O–H groups in total. The lowest BCUT2D eigenvalue weighted by Crippen LogP contribution is -2.51. The number of rotatable bonds is 4. The van der Waals surface area contributed by atoms with Gasteiger partial charge in [0, 0.05) is 4.88 Å². The molecule has 1 aromatic heterocycles. The molecule has 1 saturated heterocycles. The first-order valence-electron chi connectivity index (χ1n) is 5.22. The number of thiophene rings is 1. The molecular formula is C11H16ClNOS. The molecule has 84 valence electrons. The van der Waals surface area contributed by atoms with Crippen LogP contribution in [0.5, 0.6) is 0 Å². The summed E-state index contributed by atoms with van der Waals surface area (Å²) in [7, 11) is 0. The molecule has 1 aliphatic rings. The maximum Gasteiger partial charge on any atom is 0.0931 e. The van der Waals surface area contributed by atoms with E-state index in [1.807, 2.05) is 6.07 Å². The molecule has 2 rings (SSSR count). The Morgan fingerprint density at radius 3 is 2.73 bits per heavy atom. The first kappa shape index (κ1) is 11.4. The van der Waals surface area contributed by atoms with Crippen LogP contribution in [-0.2, 0) is 10.2 Å². The van der Waals surface area contributed by atoms with Crippen molar-refractivity contribution in [2.45, 2.75) is 18.8 Å². The maximum absolute atomic E-state index is 5.98. The van der Waals surface area contributed by atoms with Gasteiger partial charge in [0.05, 0.1) is 23.0 Å². The highest BCUT2D eigenvalue weighted by Gasteiger charge is 2.45. The molecule has 1 aromatic rings. The van der Waals surface area contributed by atoms with Crippen molar-refractivity contribution in [2.75, 3.05) is 19.8 Å². The van der Waals surface area contributed by atoms with Gasteiger partial charge in [0.25, 0.3) is 0 Å². The normalized spacial score (nSPS) is 21.0. The molecule has 0 saturated carbocycles. The van der Waals surface area contributed by atoms with Gasteiger partial charge in [0.15, 0.2) is 0 Å². The van der Waals surface area contributed by atoms with Crippen molar-refractivity contribution < 1.29 is 4.74 Å². The minimum atomic E-state index is 0.178. The van der Waals surface area contributed by atoms with E-state index >= 15 is 0 Å². The molecular weight excluding hydrogens is 230 g/mol. The summed E-state index contributed by atoms with van der Waals surface area (Å²) in [5, 5.41) is 0. The van der Waals surface area contributed by atoms with E-state index in [9.17, 15) is 0 Å². The van der Waals surface area contributed by atoms with Gasteiger partial charge in [-0.25, -0.2) is 0 Å². The lowest BCUT2D eigenvalue weighted by atomic mass is 9.72. The second kappa shape index (κ2) is 4.42. The van der Waals surface area contributed by atoms with E-state index < -0.39 is 0 Å². The van der Waals surface area contributed by atoms with Gasteiger partial charge in [-0.2, -0.15) is 0 Å². The van der Waals surface area contributed by atoms with E-state index in [2.05, 4.69) is 13.0 Å². The number of nitrogens with two attached hydrogens (primary N) is 1. The predicted octanol–water partition coefficient (Wildman–Crippen LogP) is 2.65. The standard InChI is InChI=1S/C11H16ClNOS/c1-8(4-5-13)11(6-14-7-11)9-2-3-10(12)15-9/h2-3,8H,4-7,13H2,1H3. The van der Waals surface area contributed by atoms with Gasteiger partial charge in [-0.3, -0.25) is 0 Å². The SMILES string of the molecule is CC(CCN)C1(c2ccc(Cl)s2)COC1. The van der Waals surface area contributed by atoms with Crippen molar-refractivity contribution in [1.29, 1.82) is 0 Å². The third kappa shape index (κ3) is 1.94. The van der Waals surface area contributed by atoms with Crippen LogP contribution < -0.4 is 5.73 Å². The van der Waals surface area contributed by atoms with Crippen LogP contribution in [-0.4, -0.2) is 19.8 Å². The quantitative estimate of drug-likeness (QED) is 0.885. The van der Waals surface area contributed by atoms with Gasteiger partial charge >= 0.3 is 0 Å². The zero-order valence-corrected chi connectivity index (χ0v) is 10.4. The average molecular weight is 246 g/mol. The molecule has 0 bridgehead atoms. The monoisotopic (exact) mass is 245 g/mol. The Balaban J connectivity index is 2.21. The highest BCUT2D eigenvalue weighted by Crippen LogP contribution is 2.44. The molecule has 2 heterocycles. The van der Waals surface area contributed by atoms with Crippen molar-refractivity contribution in [2.24, 2.45) is 11.7 Å². The molecule has 0 aliphatic carbocycles. The first-order valence-corrected chi connectivity index (χ1v) is 6.42. The lowest BCUT2D eigenvalue weighted by molar-refractivity contribution is -0.0863. The molecule has 4 heteroatoms. The summed E-state index contributed by atoms with van der Waals surface area (Å²) in [6.07, 6.45) is 1.04. The highest BCUT2D eigenvalue weighted by molar-refractivity contribution is 7.16. The van der Waals surface area contributed by atoms with Crippen LogP contribution in [0.15, 0.2) is 12.1 Å². The van der Waals surface area contributed by atoms with E-state index in [1.54, 1.807) is 11.3 Å². The van der Waals surface area contributed by atoms with Crippen LogP contribution in [0.2, 0.25) is 4.34 Å². The molecule has 0 aromatic carbocycles. The third-order valence-corrected chi connectivity index (χ3v) is 4.78. The predicted molar refractivity (Wildman–Crippen MR) is 64.7 cm³/mol. The Labute approximate surface area is 99.4 Å². The Morgan fingerprint density at radius 1 is 1.60 bits per heavy atom. The maximum atomic E-state index is 5.98. The van der Waals surface area contributed by atoms with Gasteiger partial charge in [-0.1, -0.05) is 18.5 Å². The molecule has 1 aliphatic heterocycles. The summed E-state index contributed by atoms with van der Waals surface area (Å²) in [6, 6.07) is 4.10. The van der Waals surface area contributed by atoms with Crippen LogP contribution in [0.25, 0.3) is 0 Å². The second-order valence-corrected chi connectivity index (χ2v) is 5.95. The van der Waals surface area contributed by atoms with Gasteiger partial charge in [-0.15, -0.1) is 11.3 Å². The van der Waals surface area contributed by atoms with Crippen molar-refractivity contribution in [3.63, 3.8) is 0 Å². The summed E-state index contributed by atoms with van der Waals surface area (Å²) in [5.74, 6) is 0.561. The topological polar surface area (TPSA) is 35.2 Å². The summed E-state index contributed by atoms with van der Waals surface area (Å²) in [6.45, 7) is 4.61. The van der Waals surface area contributed by atoms with Crippen LogP contribution in [0, 0.1) is 5.92 Å². The Hall–Kier alpha value is -0.0900. The molecule has 1 unspecified atom stereocenters. The minimum absolute atomic E-state index is 0.178. The molecule has 15 heavy (non-hydrogen) atoms. The van der Waals surface area contributed by atoms with E-state index in [0.29, 0.717) is 5.92 Å². The van der Waals surface area contributed by atoms with Crippen LogP contribution >= 0.6 is 22.9 Å². The summed E-state index contributed by atoms with van der Waals surface area (Å²) in [5.41, 5.74) is 5.80. The van der Waals surface area contributed by atoms with E-state index in [0.717, 1.165) is 30.5 Å². The van der Waals surface area contributed by atoms with Crippen molar-refractivity contribution in [3.8, 4) is 0 Å². The molecule has 0 amide bonds. The van der Waals surface area contributed by atoms with Gasteiger partial charge in [-0.05, 0) is 31.0 Å². The molecule has 2 nitrogen and oxygen atoms in total. The largest absolute Gasteiger partial charge is 0.379 e. The Bertz CT molecular complexity index is 335. The fourth-order valence-electron chi connectivity index (χ4n) is 2.10. The molecule has 0 spiro atoms. The molecule has 1 fully saturated rings. The number of halogens is 1. The number of ether oxygens (including phenoxy) is 1. The van der Waals surface area contributed by atoms with E-state index in [4.69, 9.17) is 22.1 Å².